The van der Waals surface area contributed by atoms with Crippen molar-refractivity contribution in [2.45, 2.75) is 23.8 Å². The molecule has 1 aliphatic heterocycles. The van der Waals surface area contributed by atoms with Crippen LogP contribution in [0.4, 0.5) is 5.69 Å². The minimum Gasteiger partial charge on any atom is -0.393 e. The number of hydrogen-bond acceptors (Lipinski definition) is 4. The van der Waals surface area contributed by atoms with E-state index in [4.69, 9.17) is 0 Å². The van der Waals surface area contributed by atoms with E-state index in [1.807, 2.05) is 6.07 Å². The molecule has 0 aromatic heterocycles. The zero-order chi connectivity index (χ0) is 14.1. The van der Waals surface area contributed by atoms with Gasteiger partial charge in [0.2, 0.25) is 5.91 Å². The van der Waals surface area contributed by atoms with Gasteiger partial charge in [0.05, 0.1) is 17.5 Å². The Morgan fingerprint density at radius 3 is 3.00 bits per heavy atom. The average Bonchev–Trinajstić information content (AvgIpc) is 2.41. The third kappa shape index (κ3) is 2.81. The van der Waals surface area contributed by atoms with Crippen LogP contribution in [0.2, 0.25) is 0 Å². The van der Waals surface area contributed by atoms with Crippen LogP contribution in [0.5, 0.6) is 0 Å². The van der Waals surface area contributed by atoms with Gasteiger partial charge in [0, 0.05) is 17.0 Å². The van der Waals surface area contributed by atoms with Crippen molar-refractivity contribution in [2.24, 2.45) is 5.92 Å². The SMILES string of the molecule is O=C1CSc2ccc(C(=O)NCC3CC(O)C3)cc2N1. The van der Waals surface area contributed by atoms with E-state index in [-0.39, 0.29) is 17.9 Å². The summed E-state index contributed by atoms with van der Waals surface area (Å²) < 4.78 is 0. The predicted molar refractivity (Wildman–Crippen MR) is 76.9 cm³/mol. The fourth-order valence-corrected chi connectivity index (χ4v) is 3.22. The molecule has 1 heterocycles. The molecule has 6 heteroatoms. The number of aliphatic hydroxyl groups is 1. The molecule has 3 N–H and O–H groups in total. The van der Waals surface area contributed by atoms with Crippen molar-refractivity contribution in [3.8, 4) is 0 Å². The van der Waals surface area contributed by atoms with Crippen molar-refractivity contribution in [1.29, 1.82) is 0 Å². The van der Waals surface area contributed by atoms with Crippen molar-refractivity contribution < 1.29 is 14.7 Å². The monoisotopic (exact) mass is 292 g/mol. The molecule has 1 aliphatic carbocycles. The molecule has 0 atom stereocenters. The summed E-state index contributed by atoms with van der Waals surface area (Å²) in [6.07, 6.45) is 1.32. The quantitative estimate of drug-likeness (QED) is 0.783. The zero-order valence-corrected chi connectivity index (χ0v) is 11.7. The summed E-state index contributed by atoms with van der Waals surface area (Å²) in [5.74, 6) is 0.618. The Bertz CT molecular complexity index is 555. The molecule has 2 amide bonds. The summed E-state index contributed by atoms with van der Waals surface area (Å²) in [6, 6.07) is 5.35. The van der Waals surface area contributed by atoms with Gasteiger partial charge in [-0.1, -0.05) is 0 Å². The molecule has 1 fully saturated rings. The lowest BCUT2D eigenvalue weighted by Crippen LogP contribution is -2.38. The molecule has 1 aromatic carbocycles. The maximum absolute atomic E-state index is 12.0. The lowest BCUT2D eigenvalue weighted by molar-refractivity contribution is -0.113. The van der Waals surface area contributed by atoms with E-state index < -0.39 is 0 Å². The first kappa shape index (κ1) is 13.5. The Kier molecular flexibility index (Phi) is 3.67. The Morgan fingerprint density at radius 2 is 2.25 bits per heavy atom. The standard InChI is InChI=1S/C14H16N2O3S/c17-10-3-8(4-10)6-15-14(19)9-1-2-12-11(5-9)16-13(18)7-20-12/h1-2,5,8,10,17H,3-4,6-7H2,(H,15,19)(H,16,18). The Labute approximate surface area is 121 Å². The van der Waals surface area contributed by atoms with E-state index in [1.165, 1.54) is 11.8 Å². The van der Waals surface area contributed by atoms with Crippen LogP contribution in [0, 0.1) is 5.92 Å². The van der Waals surface area contributed by atoms with Crippen LogP contribution in [0.1, 0.15) is 23.2 Å². The van der Waals surface area contributed by atoms with Crippen molar-refractivity contribution in [2.75, 3.05) is 17.6 Å². The van der Waals surface area contributed by atoms with E-state index in [2.05, 4.69) is 10.6 Å². The third-order valence-corrected chi connectivity index (χ3v) is 4.71. The normalized spacial score (nSPS) is 24.4. The average molecular weight is 292 g/mol. The second kappa shape index (κ2) is 5.46. The van der Waals surface area contributed by atoms with Crippen molar-refractivity contribution in [3.63, 3.8) is 0 Å². The van der Waals surface area contributed by atoms with Crippen LogP contribution in [-0.4, -0.2) is 35.3 Å². The number of carbonyl (C=O) groups excluding carboxylic acids is 2. The maximum Gasteiger partial charge on any atom is 0.251 e. The first-order valence-corrected chi connectivity index (χ1v) is 7.63. The van der Waals surface area contributed by atoms with Gasteiger partial charge >= 0.3 is 0 Å². The number of hydrogen-bond donors (Lipinski definition) is 3. The van der Waals surface area contributed by atoms with Crippen molar-refractivity contribution in [3.05, 3.63) is 23.8 Å². The highest BCUT2D eigenvalue weighted by atomic mass is 32.2. The third-order valence-electron chi connectivity index (χ3n) is 3.64. The molecule has 20 heavy (non-hydrogen) atoms. The van der Waals surface area contributed by atoms with E-state index >= 15 is 0 Å². The van der Waals surface area contributed by atoms with E-state index in [9.17, 15) is 14.7 Å². The highest BCUT2D eigenvalue weighted by molar-refractivity contribution is 8.00. The highest BCUT2D eigenvalue weighted by Gasteiger charge is 2.27. The van der Waals surface area contributed by atoms with Crippen LogP contribution < -0.4 is 10.6 Å². The molecular formula is C14H16N2O3S. The van der Waals surface area contributed by atoms with Crippen LogP contribution in [0.25, 0.3) is 0 Å². The largest absolute Gasteiger partial charge is 0.393 e. The smallest absolute Gasteiger partial charge is 0.251 e. The number of anilines is 1. The summed E-state index contributed by atoms with van der Waals surface area (Å²) in [7, 11) is 0. The van der Waals surface area contributed by atoms with Crippen LogP contribution in [-0.2, 0) is 4.79 Å². The lowest BCUT2D eigenvalue weighted by atomic mass is 9.82. The molecule has 0 bridgehead atoms. The topological polar surface area (TPSA) is 78.4 Å². The molecule has 0 saturated heterocycles. The van der Waals surface area contributed by atoms with Gasteiger partial charge in [-0.05, 0) is 37.0 Å². The fourth-order valence-electron chi connectivity index (χ4n) is 2.43. The first-order chi connectivity index (χ1) is 9.61. The molecule has 2 aliphatic rings. The van der Waals surface area contributed by atoms with Gasteiger partial charge in [-0.3, -0.25) is 9.59 Å². The van der Waals surface area contributed by atoms with Gasteiger partial charge in [0.1, 0.15) is 0 Å². The molecule has 106 valence electrons. The summed E-state index contributed by atoms with van der Waals surface area (Å²) in [6.45, 7) is 0.591. The number of benzene rings is 1. The fraction of sp³-hybridized carbons (Fsp3) is 0.429. The summed E-state index contributed by atoms with van der Waals surface area (Å²) in [5, 5.41) is 14.8. The van der Waals surface area contributed by atoms with E-state index in [0.717, 1.165) is 17.7 Å². The minimum absolute atomic E-state index is 0.0384. The van der Waals surface area contributed by atoms with Crippen LogP contribution >= 0.6 is 11.8 Å². The molecular weight excluding hydrogens is 276 g/mol. The highest BCUT2D eigenvalue weighted by Crippen LogP contribution is 2.32. The molecule has 1 saturated carbocycles. The first-order valence-electron chi connectivity index (χ1n) is 6.65. The number of fused-ring (bicyclic) bond motifs is 1. The van der Waals surface area contributed by atoms with E-state index in [1.54, 1.807) is 12.1 Å². The minimum atomic E-state index is -0.201. The lowest BCUT2D eigenvalue weighted by Gasteiger charge is -2.31. The molecule has 0 spiro atoms. The van der Waals surface area contributed by atoms with E-state index in [0.29, 0.717) is 29.5 Å². The van der Waals surface area contributed by atoms with Gasteiger partial charge in [0.25, 0.3) is 5.91 Å². The predicted octanol–water partition coefficient (Wildman–Crippen LogP) is 1.23. The molecule has 5 nitrogen and oxygen atoms in total. The Hall–Kier alpha value is -1.53. The van der Waals surface area contributed by atoms with Gasteiger partial charge in [0.15, 0.2) is 0 Å². The second-order valence-corrected chi connectivity index (χ2v) is 6.27. The van der Waals surface area contributed by atoms with Gasteiger partial charge < -0.3 is 15.7 Å². The number of aliphatic hydroxyl groups excluding tert-OH is 1. The van der Waals surface area contributed by atoms with Gasteiger partial charge in [-0.2, -0.15) is 0 Å². The number of carbonyl (C=O) groups is 2. The molecule has 0 unspecified atom stereocenters. The molecule has 1 aromatic rings. The number of amides is 2. The zero-order valence-electron chi connectivity index (χ0n) is 10.9. The summed E-state index contributed by atoms with van der Waals surface area (Å²) in [5.41, 5.74) is 1.25. The van der Waals surface area contributed by atoms with Crippen molar-refractivity contribution >= 4 is 29.3 Å². The second-order valence-electron chi connectivity index (χ2n) is 5.25. The Morgan fingerprint density at radius 1 is 1.45 bits per heavy atom. The number of rotatable bonds is 3. The molecule has 0 radical (unpaired) electrons. The molecule has 3 rings (SSSR count). The summed E-state index contributed by atoms with van der Waals surface area (Å²) >= 11 is 1.48. The maximum atomic E-state index is 12.0. The summed E-state index contributed by atoms with van der Waals surface area (Å²) in [4.78, 5) is 24.4. The van der Waals surface area contributed by atoms with Crippen LogP contribution in [0.15, 0.2) is 23.1 Å². The van der Waals surface area contributed by atoms with Gasteiger partial charge in [-0.25, -0.2) is 0 Å². The Balaban J connectivity index is 1.63. The number of thioether (sulfide) groups is 1. The number of nitrogens with one attached hydrogen (secondary N) is 2. The van der Waals surface area contributed by atoms with Gasteiger partial charge in [-0.15, -0.1) is 11.8 Å². The van der Waals surface area contributed by atoms with Crippen LogP contribution in [0.3, 0.4) is 0 Å². The van der Waals surface area contributed by atoms with Crippen molar-refractivity contribution in [1.82, 2.24) is 5.32 Å².